The van der Waals surface area contributed by atoms with Crippen molar-refractivity contribution in [2.75, 3.05) is 0 Å². The van der Waals surface area contributed by atoms with Gasteiger partial charge in [-0.3, -0.25) is 19.2 Å². The highest BCUT2D eigenvalue weighted by Crippen LogP contribution is 2.32. The maximum atomic E-state index is 12.4. The van der Waals surface area contributed by atoms with Crippen molar-refractivity contribution in [2.45, 2.75) is 66.7 Å². The number of allylic oxidation sites excluding steroid dienone is 3. The molecule has 2 aliphatic heterocycles. The number of rotatable bonds is 11. The maximum Gasteiger partial charge on any atom is 0.303 e. The van der Waals surface area contributed by atoms with Crippen molar-refractivity contribution in [1.82, 2.24) is 20.6 Å². The highest BCUT2D eigenvalue weighted by molar-refractivity contribution is 6.02. The molecule has 2 aromatic heterocycles. The summed E-state index contributed by atoms with van der Waals surface area (Å²) in [4.78, 5) is 54.6. The molecule has 2 amide bonds. The number of carbonyl (C=O) groups excluding carboxylic acids is 2. The lowest BCUT2D eigenvalue weighted by Crippen LogP contribution is -2.15. The van der Waals surface area contributed by atoms with Gasteiger partial charge in [-0.15, -0.1) is 0 Å². The van der Waals surface area contributed by atoms with Gasteiger partial charge in [-0.25, -0.2) is 0 Å². The molecule has 226 valence electrons. The Morgan fingerprint density at radius 3 is 1.86 bits per heavy atom. The second kappa shape index (κ2) is 12.6. The zero-order valence-electron chi connectivity index (χ0n) is 25.2. The summed E-state index contributed by atoms with van der Waals surface area (Å²) in [6.07, 6.45) is 8.01. The monoisotopic (exact) mass is 586 g/mol. The molecule has 43 heavy (non-hydrogen) atoms. The Balaban J connectivity index is 1.79. The molecule has 0 spiro atoms. The molecule has 0 aromatic carbocycles. The SMILES string of the molecule is C=CC1=C(C)C(=O)N/C1=C/c1[nH]c(Cc2[nH]c(/C=C3\NC(=O)/C(=C\C)C3C)c(C)c2CCC(=O)O)c(CCC(=O)O)c1C. The molecule has 0 radical (unpaired) electrons. The minimum atomic E-state index is -0.915. The fourth-order valence-electron chi connectivity index (χ4n) is 5.85. The number of aromatic amines is 2. The molecule has 4 heterocycles. The molecular weight excluding hydrogens is 548 g/mol. The number of aliphatic carboxylic acids is 2. The Kier molecular flexibility index (Phi) is 9.08. The van der Waals surface area contributed by atoms with Crippen molar-refractivity contribution >= 4 is 35.9 Å². The fourth-order valence-corrected chi connectivity index (χ4v) is 5.85. The van der Waals surface area contributed by atoms with E-state index in [1.54, 1.807) is 19.1 Å². The topological polar surface area (TPSA) is 164 Å². The van der Waals surface area contributed by atoms with Crippen LogP contribution in [0.1, 0.15) is 78.6 Å². The number of carboxylic acids is 2. The summed E-state index contributed by atoms with van der Waals surface area (Å²) in [7, 11) is 0. The lowest BCUT2D eigenvalue weighted by molar-refractivity contribution is -0.138. The number of aromatic nitrogens is 2. The number of hydrogen-bond acceptors (Lipinski definition) is 4. The molecule has 0 bridgehead atoms. The van der Waals surface area contributed by atoms with Gasteiger partial charge in [-0.1, -0.05) is 25.7 Å². The van der Waals surface area contributed by atoms with Crippen molar-refractivity contribution in [1.29, 1.82) is 0 Å². The van der Waals surface area contributed by atoms with Gasteiger partial charge in [0.25, 0.3) is 11.8 Å². The van der Waals surface area contributed by atoms with Gasteiger partial charge in [0.1, 0.15) is 0 Å². The van der Waals surface area contributed by atoms with E-state index in [4.69, 9.17) is 0 Å². The number of carbonyl (C=O) groups is 4. The lowest BCUT2D eigenvalue weighted by Gasteiger charge is -2.07. The van der Waals surface area contributed by atoms with Crippen LogP contribution in [0.4, 0.5) is 0 Å². The predicted molar refractivity (Wildman–Crippen MR) is 164 cm³/mol. The third kappa shape index (κ3) is 6.33. The van der Waals surface area contributed by atoms with Gasteiger partial charge in [0.2, 0.25) is 0 Å². The van der Waals surface area contributed by atoms with E-state index >= 15 is 0 Å². The molecule has 2 aromatic rings. The van der Waals surface area contributed by atoms with E-state index in [1.807, 2.05) is 39.8 Å². The predicted octanol–water partition coefficient (Wildman–Crippen LogP) is 4.61. The Hall–Kier alpha value is -4.86. The number of amides is 2. The van der Waals surface area contributed by atoms with Crippen molar-refractivity contribution < 1.29 is 29.4 Å². The minimum absolute atomic E-state index is 0.0553. The summed E-state index contributed by atoms with van der Waals surface area (Å²) in [5, 5.41) is 24.7. The van der Waals surface area contributed by atoms with E-state index in [0.29, 0.717) is 41.7 Å². The Morgan fingerprint density at radius 1 is 0.860 bits per heavy atom. The second-order valence-electron chi connectivity index (χ2n) is 11.0. The second-order valence-corrected chi connectivity index (χ2v) is 11.0. The lowest BCUT2D eigenvalue weighted by atomic mass is 9.97. The van der Waals surface area contributed by atoms with Gasteiger partial charge in [0.15, 0.2) is 0 Å². The molecule has 0 saturated carbocycles. The third-order valence-corrected chi connectivity index (χ3v) is 8.38. The van der Waals surface area contributed by atoms with Crippen LogP contribution < -0.4 is 10.6 Å². The number of hydrogen-bond donors (Lipinski definition) is 6. The third-order valence-electron chi connectivity index (χ3n) is 8.38. The molecule has 1 unspecified atom stereocenters. The maximum absolute atomic E-state index is 12.4. The first kappa shape index (κ1) is 31.1. The molecular formula is C33H38N4O6. The van der Waals surface area contributed by atoms with E-state index in [1.165, 1.54) is 0 Å². The van der Waals surface area contributed by atoms with Crippen LogP contribution in [-0.4, -0.2) is 43.9 Å². The van der Waals surface area contributed by atoms with Crippen LogP contribution in [0.2, 0.25) is 0 Å². The van der Waals surface area contributed by atoms with E-state index in [0.717, 1.165) is 50.7 Å². The Bertz CT molecular complexity index is 1660. The average Bonchev–Trinajstić information content (AvgIpc) is 3.59. The molecule has 4 rings (SSSR count). The van der Waals surface area contributed by atoms with Gasteiger partial charge in [0.05, 0.1) is 5.70 Å². The molecule has 2 aliphatic rings. The fraction of sp³-hybridized carbons (Fsp3) is 0.333. The van der Waals surface area contributed by atoms with Gasteiger partial charge >= 0.3 is 11.9 Å². The largest absolute Gasteiger partial charge is 0.481 e. The Labute approximate surface area is 250 Å². The summed E-state index contributed by atoms with van der Waals surface area (Å²) in [5.74, 6) is -2.26. The highest BCUT2D eigenvalue weighted by atomic mass is 16.4. The van der Waals surface area contributed by atoms with Crippen molar-refractivity contribution in [2.24, 2.45) is 5.92 Å². The summed E-state index contributed by atoms with van der Waals surface area (Å²) < 4.78 is 0. The first-order chi connectivity index (χ1) is 20.4. The summed E-state index contributed by atoms with van der Waals surface area (Å²) in [6, 6.07) is 0. The number of carboxylic acid groups (broad SMARTS) is 2. The minimum Gasteiger partial charge on any atom is -0.481 e. The van der Waals surface area contributed by atoms with Crippen molar-refractivity contribution in [3.8, 4) is 0 Å². The van der Waals surface area contributed by atoms with Crippen LogP contribution in [0.15, 0.2) is 46.8 Å². The molecule has 1 atom stereocenters. The average molecular weight is 587 g/mol. The quantitative estimate of drug-likeness (QED) is 0.211. The van der Waals surface area contributed by atoms with Crippen LogP contribution in [0.3, 0.4) is 0 Å². The van der Waals surface area contributed by atoms with Crippen LogP contribution in [-0.2, 0) is 38.4 Å². The molecule has 1 fully saturated rings. The van der Waals surface area contributed by atoms with E-state index in [9.17, 15) is 29.4 Å². The van der Waals surface area contributed by atoms with Crippen LogP contribution in [0.5, 0.6) is 0 Å². The molecule has 10 heteroatoms. The van der Waals surface area contributed by atoms with Gasteiger partial charge in [-0.2, -0.15) is 0 Å². The van der Waals surface area contributed by atoms with Crippen molar-refractivity contribution in [3.63, 3.8) is 0 Å². The smallest absolute Gasteiger partial charge is 0.303 e. The molecule has 10 nitrogen and oxygen atoms in total. The molecule has 0 aliphatic carbocycles. The van der Waals surface area contributed by atoms with Crippen LogP contribution in [0.25, 0.3) is 12.2 Å². The van der Waals surface area contributed by atoms with Crippen LogP contribution >= 0.6 is 0 Å². The van der Waals surface area contributed by atoms with Gasteiger partial charge in [0, 0.05) is 70.4 Å². The zero-order chi connectivity index (χ0) is 31.6. The molecule has 1 saturated heterocycles. The van der Waals surface area contributed by atoms with Crippen molar-refractivity contribution in [3.05, 3.63) is 91.9 Å². The van der Waals surface area contributed by atoms with E-state index in [-0.39, 0.29) is 30.6 Å². The zero-order valence-corrected chi connectivity index (χ0v) is 25.2. The van der Waals surface area contributed by atoms with Gasteiger partial charge < -0.3 is 30.8 Å². The first-order valence-electron chi connectivity index (χ1n) is 14.3. The van der Waals surface area contributed by atoms with E-state index in [2.05, 4.69) is 27.2 Å². The normalized spacial score (nSPS) is 19.6. The van der Waals surface area contributed by atoms with Gasteiger partial charge in [-0.05, 0) is 74.9 Å². The van der Waals surface area contributed by atoms with E-state index < -0.39 is 11.9 Å². The first-order valence-corrected chi connectivity index (χ1v) is 14.3. The summed E-state index contributed by atoms with van der Waals surface area (Å²) in [6.45, 7) is 13.2. The number of H-pyrrole nitrogens is 2. The molecule has 6 N–H and O–H groups in total. The summed E-state index contributed by atoms with van der Waals surface area (Å²) >= 11 is 0. The summed E-state index contributed by atoms with van der Waals surface area (Å²) in [5.41, 5.74) is 9.92. The number of nitrogens with one attached hydrogen (secondary N) is 4. The highest BCUT2D eigenvalue weighted by Gasteiger charge is 2.29. The van der Waals surface area contributed by atoms with Crippen LogP contribution in [0, 0.1) is 19.8 Å². The Morgan fingerprint density at radius 2 is 1.40 bits per heavy atom. The standard InChI is InChI=1S/C33H38N4O6/c1-7-20-19(6)32(42)37-27(20)14-25-18(5)23(10-12-31(40)41)29(35-25)15-28-22(9-11-30(38)39)17(4)24(34-28)13-26-16(3)21(8-2)33(43)36-26/h7-8,13-14,16,34-35H,1,9-12,15H2,2-6H3,(H,36,43)(H,37,42)(H,38,39)(H,40,41)/b21-8-,26-13-,27-14+.